The van der Waals surface area contributed by atoms with Crippen molar-refractivity contribution in [3.8, 4) is 0 Å². The number of nitrogens with two attached hydrogens (primary N) is 1. The van der Waals surface area contributed by atoms with E-state index >= 15 is 0 Å². The molecule has 0 amide bonds. The van der Waals surface area contributed by atoms with E-state index in [-0.39, 0.29) is 10.6 Å². The number of aryl methyl sites for hydroxylation is 1. The Morgan fingerprint density at radius 1 is 1.00 bits per heavy atom. The van der Waals surface area contributed by atoms with Gasteiger partial charge in [-0.15, -0.1) is 0 Å². The largest absolute Gasteiger partial charge is 0.407 e. The summed E-state index contributed by atoms with van der Waals surface area (Å²) in [5.74, 6) is 0. The van der Waals surface area contributed by atoms with Gasteiger partial charge in [-0.25, -0.2) is 8.42 Å². The van der Waals surface area contributed by atoms with Crippen LogP contribution in [0.5, 0.6) is 0 Å². The van der Waals surface area contributed by atoms with E-state index in [9.17, 15) is 21.6 Å². The minimum Gasteiger partial charge on any atom is -0.399 e. The molecule has 0 heterocycles. The topological polar surface area (TPSA) is 63.4 Å². The summed E-state index contributed by atoms with van der Waals surface area (Å²) in [6.07, 6.45) is -4.67. The Bertz CT molecular complexity index is 770. The van der Waals surface area contributed by atoms with Crippen LogP contribution in [0.15, 0.2) is 53.4 Å². The Labute approximate surface area is 132 Å². The number of nitrogen functional groups attached to an aromatic ring is 1. The monoisotopic (exact) mass is 344 g/mol. The lowest BCUT2D eigenvalue weighted by Crippen LogP contribution is -2.39. The van der Waals surface area contributed by atoms with Gasteiger partial charge < -0.3 is 5.73 Å². The minimum atomic E-state index is -4.67. The van der Waals surface area contributed by atoms with Gasteiger partial charge in [-0.2, -0.15) is 13.2 Å². The van der Waals surface area contributed by atoms with Crippen LogP contribution in [-0.2, 0) is 10.0 Å². The van der Waals surface area contributed by atoms with Crippen LogP contribution >= 0.6 is 0 Å². The molecule has 0 atom stereocenters. The van der Waals surface area contributed by atoms with Gasteiger partial charge in [0.2, 0.25) is 0 Å². The highest BCUT2D eigenvalue weighted by Crippen LogP contribution is 2.28. The molecule has 2 aromatic rings. The molecule has 0 aliphatic rings. The number of benzene rings is 2. The zero-order valence-electron chi connectivity index (χ0n) is 12.2. The van der Waals surface area contributed by atoms with Crippen LogP contribution in [0.2, 0.25) is 0 Å². The summed E-state index contributed by atoms with van der Waals surface area (Å²) in [5, 5.41) is 0. The van der Waals surface area contributed by atoms with Gasteiger partial charge in [0.25, 0.3) is 10.0 Å². The second-order valence-corrected chi connectivity index (χ2v) is 6.89. The number of rotatable bonds is 4. The fourth-order valence-electron chi connectivity index (χ4n) is 1.96. The number of halogens is 3. The van der Waals surface area contributed by atoms with Crippen molar-refractivity contribution in [2.24, 2.45) is 0 Å². The molecule has 0 aliphatic heterocycles. The van der Waals surface area contributed by atoms with Crippen molar-refractivity contribution in [3.63, 3.8) is 0 Å². The van der Waals surface area contributed by atoms with Crippen LogP contribution in [0.4, 0.5) is 24.5 Å². The number of hydrogen-bond donors (Lipinski definition) is 1. The minimum absolute atomic E-state index is 0.0512. The maximum absolute atomic E-state index is 12.9. The summed E-state index contributed by atoms with van der Waals surface area (Å²) in [6.45, 7) is 0.148. The quantitative estimate of drug-likeness (QED) is 0.865. The second kappa shape index (κ2) is 6.11. The highest BCUT2D eigenvalue weighted by atomic mass is 32.2. The summed E-state index contributed by atoms with van der Waals surface area (Å²) < 4.78 is 64.1. The van der Waals surface area contributed by atoms with Gasteiger partial charge in [0.05, 0.1) is 10.6 Å². The van der Waals surface area contributed by atoms with E-state index in [2.05, 4.69) is 0 Å². The van der Waals surface area contributed by atoms with Crippen molar-refractivity contribution < 1.29 is 21.6 Å². The van der Waals surface area contributed by atoms with Crippen LogP contribution < -0.4 is 10.0 Å². The molecule has 2 aromatic carbocycles. The predicted octanol–water partition coefficient (Wildman–Crippen LogP) is 3.33. The van der Waals surface area contributed by atoms with Crippen molar-refractivity contribution in [2.75, 3.05) is 16.6 Å². The molecule has 2 N–H and O–H groups in total. The number of anilines is 2. The SMILES string of the molecule is Cc1ccc(N(CC(F)(F)F)S(=O)(=O)c2ccc(N)cc2)cc1. The van der Waals surface area contributed by atoms with Crippen molar-refractivity contribution in [2.45, 2.75) is 18.0 Å². The van der Waals surface area contributed by atoms with Gasteiger partial charge in [-0.3, -0.25) is 4.31 Å². The summed E-state index contributed by atoms with van der Waals surface area (Å²) in [6, 6.07) is 10.8. The first-order valence-corrected chi connectivity index (χ1v) is 8.05. The number of nitrogens with zero attached hydrogens (tertiary/aromatic N) is 1. The maximum Gasteiger partial charge on any atom is 0.407 e. The second-order valence-electron chi connectivity index (χ2n) is 5.03. The van der Waals surface area contributed by atoms with Crippen LogP contribution in [0, 0.1) is 6.92 Å². The van der Waals surface area contributed by atoms with Crippen LogP contribution in [0.3, 0.4) is 0 Å². The number of sulfonamides is 1. The Hall–Kier alpha value is -2.22. The molecule has 124 valence electrons. The Morgan fingerprint density at radius 2 is 1.52 bits per heavy atom. The molecule has 0 saturated carbocycles. The Kier molecular flexibility index (Phi) is 4.56. The molecule has 4 nitrogen and oxygen atoms in total. The fraction of sp³-hybridized carbons (Fsp3) is 0.200. The highest BCUT2D eigenvalue weighted by molar-refractivity contribution is 7.92. The fourth-order valence-corrected chi connectivity index (χ4v) is 3.41. The van der Waals surface area contributed by atoms with Crippen LogP contribution in [-0.4, -0.2) is 21.1 Å². The van der Waals surface area contributed by atoms with Crippen molar-refractivity contribution >= 4 is 21.4 Å². The molecule has 23 heavy (non-hydrogen) atoms. The summed E-state index contributed by atoms with van der Waals surface area (Å²) >= 11 is 0. The van der Waals surface area contributed by atoms with E-state index in [0.717, 1.165) is 5.56 Å². The van der Waals surface area contributed by atoms with Gasteiger partial charge in [-0.1, -0.05) is 17.7 Å². The molecule has 0 radical (unpaired) electrons. The van der Waals surface area contributed by atoms with Gasteiger partial charge in [0, 0.05) is 5.69 Å². The Morgan fingerprint density at radius 3 is 2.00 bits per heavy atom. The summed E-state index contributed by atoms with van der Waals surface area (Å²) in [5.41, 5.74) is 6.57. The molecular weight excluding hydrogens is 329 g/mol. The first-order valence-electron chi connectivity index (χ1n) is 6.61. The standard InChI is InChI=1S/C15H15F3N2O2S/c1-11-2-6-13(7-3-11)20(10-15(16,17)18)23(21,22)14-8-4-12(19)5-9-14/h2-9H,10,19H2,1H3. The molecule has 0 aromatic heterocycles. The van der Waals surface area contributed by atoms with Gasteiger partial charge >= 0.3 is 6.18 Å². The first-order chi connectivity index (χ1) is 10.6. The molecule has 0 spiro atoms. The van der Waals surface area contributed by atoms with E-state index in [4.69, 9.17) is 5.73 Å². The van der Waals surface area contributed by atoms with E-state index in [1.54, 1.807) is 19.1 Å². The number of alkyl halides is 3. The summed E-state index contributed by atoms with van der Waals surface area (Å²) in [7, 11) is -4.36. The Balaban J connectivity index is 2.51. The smallest absolute Gasteiger partial charge is 0.399 e. The van der Waals surface area contributed by atoms with Gasteiger partial charge in [-0.05, 0) is 43.3 Å². The zero-order chi connectivity index (χ0) is 17.3. The molecule has 0 unspecified atom stereocenters. The van der Waals surface area contributed by atoms with Crippen LogP contribution in [0.25, 0.3) is 0 Å². The lowest BCUT2D eigenvalue weighted by atomic mass is 10.2. The third-order valence-corrected chi connectivity index (χ3v) is 4.90. The molecule has 0 bridgehead atoms. The molecule has 0 fully saturated rings. The highest BCUT2D eigenvalue weighted by Gasteiger charge is 2.37. The zero-order valence-corrected chi connectivity index (χ0v) is 13.0. The van der Waals surface area contributed by atoms with Crippen molar-refractivity contribution in [1.82, 2.24) is 0 Å². The van der Waals surface area contributed by atoms with Gasteiger partial charge in [0.15, 0.2) is 0 Å². The molecule has 0 aliphatic carbocycles. The molecule has 8 heteroatoms. The van der Waals surface area contributed by atoms with Gasteiger partial charge in [0.1, 0.15) is 6.54 Å². The van der Waals surface area contributed by atoms with E-state index in [1.165, 1.54) is 36.4 Å². The number of hydrogen-bond acceptors (Lipinski definition) is 3. The molecular formula is C15H15F3N2O2S. The van der Waals surface area contributed by atoms with Crippen molar-refractivity contribution in [1.29, 1.82) is 0 Å². The third kappa shape index (κ3) is 4.16. The lowest BCUT2D eigenvalue weighted by molar-refractivity contribution is -0.117. The van der Waals surface area contributed by atoms with E-state index in [1.807, 2.05) is 0 Å². The van der Waals surface area contributed by atoms with Crippen molar-refractivity contribution in [3.05, 3.63) is 54.1 Å². The average Bonchev–Trinajstić information content (AvgIpc) is 2.45. The molecule has 0 saturated heterocycles. The van der Waals surface area contributed by atoms with Crippen LogP contribution in [0.1, 0.15) is 5.56 Å². The molecule has 2 rings (SSSR count). The third-order valence-electron chi connectivity index (χ3n) is 3.11. The lowest BCUT2D eigenvalue weighted by Gasteiger charge is -2.25. The summed E-state index contributed by atoms with van der Waals surface area (Å²) in [4.78, 5) is -0.253. The maximum atomic E-state index is 12.9. The van der Waals surface area contributed by atoms with E-state index in [0.29, 0.717) is 9.99 Å². The average molecular weight is 344 g/mol. The van der Waals surface area contributed by atoms with E-state index < -0.39 is 22.7 Å². The normalized spacial score (nSPS) is 12.2. The predicted molar refractivity (Wildman–Crippen MR) is 82.6 cm³/mol. The first kappa shape index (κ1) is 17.1.